The highest BCUT2D eigenvalue weighted by Crippen LogP contribution is 2.17. The first-order valence-corrected chi connectivity index (χ1v) is 7.73. The Morgan fingerprint density at radius 3 is 2.79 bits per heavy atom. The predicted molar refractivity (Wildman–Crippen MR) is 85.4 cm³/mol. The second kappa shape index (κ2) is 7.20. The fourth-order valence-corrected chi connectivity index (χ4v) is 2.51. The van der Waals surface area contributed by atoms with Crippen molar-refractivity contribution < 1.29 is 13.9 Å². The number of hydrogen-bond donors (Lipinski definition) is 1. The maximum absolute atomic E-state index is 13.2. The topological polar surface area (TPSA) is 80.2 Å². The van der Waals surface area contributed by atoms with Gasteiger partial charge in [0.2, 0.25) is 5.95 Å². The van der Waals surface area contributed by atoms with Gasteiger partial charge in [-0.15, -0.1) is 0 Å². The van der Waals surface area contributed by atoms with Gasteiger partial charge in [-0.2, -0.15) is 15.0 Å². The van der Waals surface area contributed by atoms with Gasteiger partial charge < -0.3 is 15.0 Å². The zero-order chi connectivity index (χ0) is 16.9. The van der Waals surface area contributed by atoms with E-state index < -0.39 is 11.7 Å². The predicted octanol–water partition coefficient (Wildman–Crippen LogP) is 1.55. The number of hydrogen-bond acceptors (Lipinski definition) is 6. The summed E-state index contributed by atoms with van der Waals surface area (Å²) in [6.07, 6.45) is 2.19. The van der Waals surface area contributed by atoms with Crippen LogP contribution in [0.2, 0.25) is 0 Å². The number of rotatable bonds is 5. The van der Waals surface area contributed by atoms with E-state index in [4.69, 9.17) is 4.74 Å². The second-order valence-electron chi connectivity index (χ2n) is 5.43. The molecule has 0 unspecified atom stereocenters. The van der Waals surface area contributed by atoms with Crippen molar-refractivity contribution in [3.05, 3.63) is 41.5 Å². The lowest BCUT2D eigenvalue weighted by Crippen LogP contribution is -2.26. The molecule has 1 aliphatic heterocycles. The quantitative estimate of drug-likeness (QED) is 0.895. The van der Waals surface area contributed by atoms with Gasteiger partial charge in [0.15, 0.2) is 5.82 Å². The van der Waals surface area contributed by atoms with Crippen LogP contribution in [-0.2, 0) is 6.54 Å². The summed E-state index contributed by atoms with van der Waals surface area (Å²) in [5, 5.41) is 2.68. The van der Waals surface area contributed by atoms with Gasteiger partial charge in [-0.25, -0.2) is 4.39 Å². The molecule has 1 amide bonds. The fraction of sp³-hybridized carbons (Fsp3) is 0.375. The number of carbonyl (C=O) groups is 1. The Morgan fingerprint density at radius 2 is 2.08 bits per heavy atom. The Kier molecular flexibility index (Phi) is 4.83. The van der Waals surface area contributed by atoms with Gasteiger partial charge in [0.1, 0.15) is 5.82 Å². The molecule has 0 radical (unpaired) electrons. The Morgan fingerprint density at radius 1 is 1.29 bits per heavy atom. The first-order valence-electron chi connectivity index (χ1n) is 7.73. The Labute approximate surface area is 138 Å². The van der Waals surface area contributed by atoms with Crippen molar-refractivity contribution in [1.82, 2.24) is 20.3 Å². The van der Waals surface area contributed by atoms with Gasteiger partial charge in [-0.05, 0) is 31.0 Å². The molecule has 126 valence electrons. The van der Waals surface area contributed by atoms with Crippen LogP contribution in [0.3, 0.4) is 0 Å². The third-order valence-corrected chi connectivity index (χ3v) is 3.71. The zero-order valence-electron chi connectivity index (χ0n) is 13.3. The van der Waals surface area contributed by atoms with Crippen molar-refractivity contribution in [3.8, 4) is 6.01 Å². The van der Waals surface area contributed by atoms with Crippen LogP contribution in [0.15, 0.2) is 24.3 Å². The number of benzene rings is 1. The van der Waals surface area contributed by atoms with Crippen molar-refractivity contribution in [1.29, 1.82) is 0 Å². The summed E-state index contributed by atoms with van der Waals surface area (Å²) in [4.78, 5) is 26.9. The number of ether oxygens (including phenoxy) is 1. The van der Waals surface area contributed by atoms with E-state index in [0.717, 1.165) is 25.9 Å². The number of anilines is 1. The number of nitrogens with zero attached hydrogens (tertiary/aromatic N) is 4. The van der Waals surface area contributed by atoms with Gasteiger partial charge in [-0.3, -0.25) is 4.79 Å². The van der Waals surface area contributed by atoms with Crippen LogP contribution in [0.1, 0.15) is 29.0 Å². The van der Waals surface area contributed by atoms with E-state index in [9.17, 15) is 9.18 Å². The third-order valence-electron chi connectivity index (χ3n) is 3.71. The summed E-state index contributed by atoms with van der Waals surface area (Å²) >= 11 is 0. The largest absolute Gasteiger partial charge is 0.467 e. The van der Waals surface area contributed by atoms with Crippen LogP contribution in [0.4, 0.5) is 10.3 Å². The smallest absolute Gasteiger partial charge is 0.321 e. The van der Waals surface area contributed by atoms with E-state index in [1.54, 1.807) is 6.07 Å². The Bertz CT molecular complexity index is 734. The molecule has 0 atom stereocenters. The van der Waals surface area contributed by atoms with E-state index in [-0.39, 0.29) is 18.1 Å². The molecule has 1 aromatic carbocycles. The highest BCUT2D eigenvalue weighted by molar-refractivity contribution is 5.94. The minimum atomic E-state index is -0.458. The maximum atomic E-state index is 13.2. The summed E-state index contributed by atoms with van der Waals surface area (Å²) in [6.45, 7) is 1.89. The SMILES string of the molecule is COc1nc(CNC(=O)c2cccc(F)c2)nc(N2CCCC2)n1. The molecular formula is C16H18FN5O2. The first-order chi connectivity index (χ1) is 11.7. The molecule has 0 bridgehead atoms. The number of carbonyl (C=O) groups excluding carboxylic acids is 1. The molecule has 8 heteroatoms. The number of amides is 1. The second-order valence-corrected chi connectivity index (χ2v) is 5.43. The van der Waals surface area contributed by atoms with Crippen LogP contribution < -0.4 is 15.0 Å². The summed E-state index contributed by atoms with van der Waals surface area (Å²) in [6, 6.07) is 5.71. The van der Waals surface area contributed by atoms with Gasteiger partial charge in [0.05, 0.1) is 13.7 Å². The zero-order valence-corrected chi connectivity index (χ0v) is 13.3. The molecule has 1 fully saturated rings. The number of methoxy groups -OCH3 is 1. The van der Waals surface area contributed by atoms with Crippen LogP contribution in [0, 0.1) is 5.82 Å². The molecule has 0 spiro atoms. The lowest BCUT2D eigenvalue weighted by atomic mass is 10.2. The molecular weight excluding hydrogens is 313 g/mol. The monoisotopic (exact) mass is 331 g/mol. The Hall–Kier alpha value is -2.77. The normalized spacial score (nSPS) is 13.8. The van der Waals surface area contributed by atoms with E-state index in [2.05, 4.69) is 25.2 Å². The van der Waals surface area contributed by atoms with Crippen LogP contribution >= 0.6 is 0 Å². The molecule has 0 aliphatic carbocycles. The molecule has 3 rings (SSSR count). The molecule has 7 nitrogen and oxygen atoms in total. The summed E-state index contributed by atoms with van der Waals surface area (Å²) in [5.74, 6) is 0.0975. The van der Waals surface area contributed by atoms with Gasteiger partial charge in [0.25, 0.3) is 5.91 Å². The molecule has 1 saturated heterocycles. The molecule has 24 heavy (non-hydrogen) atoms. The first kappa shape index (κ1) is 16.1. The van der Waals surface area contributed by atoms with Gasteiger partial charge in [0, 0.05) is 18.7 Å². The minimum absolute atomic E-state index is 0.106. The minimum Gasteiger partial charge on any atom is -0.467 e. The maximum Gasteiger partial charge on any atom is 0.321 e. The lowest BCUT2D eigenvalue weighted by molar-refractivity contribution is 0.0949. The highest BCUT2D eigenvalue weighted by atomic mass is 19.1. The summed E-state index contributed by atoms with van der Waals surface area (Å²) < 4.78 is 18.3. The van der Waals surface area contributed by atoms with Crippen molar-refractivity contribution in [2.45, 2.75) is 19.4 Å². The average Bonchev–Trinajstić information content (AvgIpc) is 3.14. The lowest BCUT2D eigenvalue weighted by Gasteiger charge is -2.16. The molecule has 1 aromatic heterocycles. The van der Waals surface area contributed by atoms with Crippen molar-refractivity contribution in [2.24, 2.45) is 0 Å². The van der Waals surface area contributed by atoms with E-state index in [1.165, 1.54) is 25.3 Å². The van der Waals surface area contributed by atoms with Crippen LogP contribution in [0.5, 0.6) is 6.01 Å². The van der Waals surface area contributed by atoms with Crippen molar-refractivity contribution in [2.75, 3.05) is 25.1 Å². The number of halogens is 1. The third kappa shape index (κ3) is 3.76. The van der Waals surface area contributed by atoms with Crippen LogP contribution in [-0.4, -0.2) is 41.1 Å². The molecule has 1 aliphatic rings. The summed E-state index contributed by atoms with van der Waals surface area (Å²) in [5.41, 5.74) is 0.246. The highest BCUT2D eigenvalue weighted by Gasteiger charge is 2.18. The van der Waals surface area contributed by atoms with Crippen molar-refractivity contribution in [3.63, 3.8) is 0 Å². The van der Waals surface area contributed by atoms with Crippen LogP contribution in [0.25, 0.3) is 0 Å². The molecule has 1 N–H and O–H groups in total. The number of nitrogens with one attached hydrogen (secondary N) is 1. The Balaban J connectivity index is 1.72. The number of aromatic nitrogens is 3. The van der Waals surface area contributed by atoms with E-state index in [0.29, 0.717) is 11.8 Å². The molecule has 2 heterocycles. The molecule has 2 aromatic rings. The fourth-order valence-electron chi connectivity index (χ4n) is 2.51. The summed E-state index contributed by atoms with van der Waals surface area (Å²) in [7, 11) is 1.48. The van der Waals surface area contributed by atoms with Gasteiger partial charge >= 0.3 is 6.01 Å². The van der Waals surface area contributed by atoms with Gasteiger partial charge in [-0.1, -0.05) is 6.07 Å². The van der Waals surface area contributed by atoms with Crippen molar-refractivity contribution >= 4 is 11.9 Å². The van der Waals surface area contributed by atoms with E-state index >= 15 is 0 Å². The standard InChI is InChI=1S/C16H18FN5O2/c1-24-16-20-13(19-15(21-16)22-7-2-3-8-22)10-18-14(23)11-5-4-6-12(17)9-11/h4-6,9H,2-3,7-8,10H2,1H3,(H,18,23). The van der Waals surface area contributed by atoms with E-state index in [1.807, 2.05) is 0 Å². The molecule has 0 saturated carbocycles. The average molecular weight is 331 g/mol.